The third-order valence-electron chi connectivity index (χ3n) is 4.03. The Kier molecular flexibility index (Phi) is 5.70. The minimum atomic E-state index is 0.0106. The van der Waals surface area contributed by atoms with Crippen molar-refractivity contribution in [1.82, 2.24) is 4.90 Å². The van der Waals surface area contributed by atoms with Crippen LogP contribution in [0.5, 0.6) is 0 Å². The molecule has 2 rings (SSSR count). The molecule has 1 aromatic rings. The molecule has 0 aliphatic carbocycles. The molecular formula is C16H23N3OS. The zero-order valence-corrected chi connectivity index (χ0v) is 13.3. The zero-order chi connectivity index (χ0) is 15.2. The van der Waals surface area contributed by atoms with Crippen molar-refractivity contribution in [2.24, 2.45) is 5.73 Å². The summed E-state index contributed by atoms with van der Waals surface area (Å²) in [6.07, 6.45) is 4.25. The number of carbonyl (C=O) groups is 1. The SMILES string of the molecule is CC1CCCCN1CCC(=O)Nc1ccccc1C(N)=S. The Balaban J connectivity index is 1.89. The average molecular weight is 305 g/mol. The number of carbonyl (C=O) groups excluding carboxylic acids is 1. The number of hydrogen-bond donors (Lipinski definition) is 2. The summed E-state index contributed by atoms with van der Waals surface area (Å²) in [5.41, 5.74) is 7.08. The molecule has 1 unspecified atom stereocenters. The van der Waals surface area contributed by atoms with Gasteiger partial charge < -0.3 is 16.0 Å². The van der Waals surface area contributed by atoms with Gasteiger partial charge in [0.25, 0.3) is 0 Å². The minimum Gasteiger partial charge on any atom is -0.389 e. The van der Waals surface area contributed by atoms with E-state index in [4.69, 9.17) is 18.0 Å². The maximum Gasteiger partial charge on any atom is 0.225 e. The quantitative estimate of drug-likeness (QED) is 0.821. The first-order valence-electron chi connectivity index (χ1n) is 7.50. The number of benzene rings is 1. The van der Waals surface area contributed by atoms with Gasteiger partial charge in [-0.2, -0.15) is 0 Å². The first kappa shape index (κ1) is 15.9. The highest BCUT2D eigenvalue weighted by Gasteiger charge is 2.18. The number of nitrogens with one attached hydrogen (secondary N) is 1. The largest absolute Gasteiger partial charge is 0.389 e. The lowest BCUT2D eigenvalue weighted by Crippen LogP contribution is -2.39. The topological polar surface area (TPSA) is 58.4 Å². The molecule has 0 saturated carbocycles. The molecule has 5 heteroatoms. The number of likely N-dealkylation sites (tertiary alicyclic amines) is 1. The molecule has 4 nitrogen and oxygen atoms in total. The van der Waals surface area contributed by atoms with Crippen molar-refractivity contribution in [3.8, 4) is 0 Å². The summed E-state index contributed by atoms with van der Waals surface area (Å²) in [7, 11) is 0. The summed E-state index contributed by atoms with van der Waals surface area (Å²) >= 11 is 5.00. The van der Waals surface area contributed by atoms with Gasteiger partial charge >= 0.3 is 0 Å². The summed E-state index contributed by atoms with van der Waals surface area (Å²) < 4.78 is 0. The molecule has 114 valence electrons. The van der Waals surface area contributed by atoms with Crippen LogP contribution in [0.4, 0.5) is 5.69 Å². The maximum absolute atomic E-state index is 12.1. The van der Waals surface area contributed by atoms with Crippen molar-refractivity contribution >= 4 is 28.8 Å². The maximum atomic E-state index is 12.1. The number of anilines is 1. The van der Waals surface area contributed by atoms with Crippen LogP contribution >= 0.6 is 12.2 Å². The number of para-hydroxylation sites is 1. The Morgan fingerprint density at radius 2 is 2.19 bits per heavy atom. The van der Waals surface area contributed by atoms with E-state index < -0.39 is 0 Å². The molecular weight excluding hydrogens is 282 g/mol. The monoisotopic (exact) mass is 305 g/mol. The average Bonchev–Trinajstić information content (AvgIpc) is 2.47. The third-order valence-corrected chi connectivity index (χ3v) is 4.25. The lowest BCUT2D eigenvalue weighted by atomic mass is 10.0. The van der Waals surface area contributed by atoms with E-state index in [2.05, 4.69) is 17.1 Å². The van der Waals surface area contributed by atoms with E-state index in [0.29, 0.717) is 28.7 Å². The Bertz CT molecular complexity index is 518. The molecule has 1 aromatic carbocycles. The standard InChI is InChI=1S/C16H23N3OS/c1-12-6-4-5-10-19(12)11-9-15(20)18-14-8-3-2-7-13(14)16(17)21/h2-3,7-8,12H,4-6,9-11H2,1H3,(H2,17,21)(H,18,20). The van der Waals surface area contributed by atoms with Crippen LogP contribution in [0.3, 0.4) is 0 Å². The lowest BCUT2D eigenvalue weighted by molar-refractivity contribution is -0.116. The fourth-order valence-corrected chi connectivity index (χ4v) is 2.93. The predicted octanol–water partition coefficient (Wildman–Crippen LogP) is 2.52. The van der Waals surface area contributed by atoms with E-state index in [1.54, 1.807) is 0 Å². The van der Waals surface area contributed by atoms with Crippen molar-refractivity contribution in [2.45, 2.75) is 38.6 Å². The molecule has 1 aliphatic rings. The highest BCUT2D eigenvalue weighted by Crippen LogP contribution is 2.18. The van der Waals surface area contributed by atoms with Crippen LogP contribution in [0.1, 0.15) is 38.2 Å². The predicted molar refractivity (Wildman–Crippen MR) is 90.5 cm³/mol. The van der Waals surface area contributed by atoms with Crippen molar-refractivity contribution in [1.29, 1.82) is 0 Å². The van der Waals surface area contributed by atoms with Gasteiger partial charge in [0, 0.05) is 24.6 Å². The van der Waals surface area contributed by atoms with Crippen LogP contribution in [0.2, 0.25) is 0 Å². The second-order valence-corrected chi connectivity index (χ2v) is 6.03. The van der Waals surface area contributed by atoms with E-state index in [-0.39, 0.29) is 5.91 Å². The number of amides is 1. The first-order chi connectivity index (χ1) is 10.1. The summed E-state index contributed by atoms with van der Waals surface area (Å²) in [4.78, 5) is 14.8. The number of thiocarbonyl (C=S) groups is 1. The van der Waals surface area contributed by atoms with Gasteiger partial charge in [0.05, 0.1) is 5.69 Å². The molecule has 0 spiro atoms. The zero-order valence-electron chi connectivity index (χ0n) is 12.5. The molecule has 21 heavy (non-hydrogen) atoms. The summed E-state index contributed by atoms with van der Waals surface area (Å²) in [5, 5.41) is 2.91. The van der Waals surface area contributed by atoms with E-state index in [0.717, 1.165) is 13.1 Å². The molecule has 1 amide bonds. The molecule has 0 bridgehead atoms. The lowest BCUT2D eigenvalue weighted by Gasteiger charge is -2.33. The second kappa shape index (κ2) is 7.52. The number of hydrogen-bond acceptors (Lipinski definition) is 3. The van der Waals surface area contributed by atoms with Crippen LogP contribution in [0.25, 0.3) is 0 Å². The van der Waals surface area contributed by atoms with Crippen LogP contribution in [-0.4, -0.2) is 34.9 Å². The molecule has 1 fully saturated rings. The molecule has 1 atom stereocenters. The minimum absolute atomic E-state index is 0.0106. The van der Waals surface area contributed by atoms with Crippen molar-refractivity contribution in [2.75, 3.05) is 18.4 Å². The van der Waals surface area contributed by atoms with E-state index >= 15 is 0 Å². The summed E-state index contributed by atoms with van der Waals surface area (Å²) in [6.45, 7) is 4.14. The van der Waals surface area contributed by atoms with E-state index in [1.165, 1.54) is 19.3 Å². The van der Waals surface area contributed by atoms with Gasteiger partial charge in [-0.25, -0.2) is 0 Å². The normalized spacial score (nSPS) is 19.2. The van der Waals surface area contributed by atoms with Crippen LogP contribution in [0, 0.1) is 0 Å². The fraction of sp³-hybridized carbons (Fsp3) is 0.500. The van der Waals surface area contributed by atoms with Gasteiger partial charge in [0.1, 0.15) is 4.99 Å². The molecule has 1 aliphatic heterocycles. The van der Waals surface area contributed by atoms with Gasteiger partial charge in [-0.15, -0.1) is 0 Å². The van der Waals surface area contributed by atoms with Crippen LogP contribution < -0.4 is 11.1 Å². The van der Waals surface area contributed by atoms with E-state index in [9.17, 15) is 4.79 Å². The number of piperidine rings is 1. The van der Waals surface area contributed by atoms with Crippen molar-refractivity contribution in [3.05, 3.63) is 29.8 Å². The molecule has 0 radical (unpaired) electrons. The van der Waals surface area contributed by atoms with Gasteiger partial charge in [0.2, 0.25) is 5.91 Å². The number of nitrogens with zero attached hydrogens (tertiary/aromatic N) is 1. The second-order valence-electron chi connectivity index (χ2n) is 5.59. The Labute approximate surface area is 131 Å². The summed E-state index contributed by atoms with van der Waals surface area (Å²) in [6, 6.07) is 7.96. The molecule has 0 aromatic heterocycles. The summed E-state index contributed by atoms with van der Waals surface area (Å²) in [5.74, 6) is 0.0106. The number of nitrogens with two attached hydrogens (primary N) is 1. The van der Waals surface area contributed by atoms with Gasteiger partial charge in [-0.1, -0.05) is 30.8 Å². The third kappa shape index (κ3) is 4.51. The van der Waals surface area contributed by atoms with Gasteiger partial charge in [0.15, 0.2) is 0 Å². The first-order valence-corrected chi connectivity index (χ1v) is 7.91. The van der Waals surface area contributed by atoms with Crippen molar-refractivity contribution in [3.63, 3.8) is 0 Å². The molecule has 3 N–H and O–H groups in total. The smallest absolute Gasteiger partial charge is 0.225 e. The number of rotatable bonds is 5. The van der Waals surface area contributed by atoms with Crippen LogP contribution in [0.15, 0.2) is 24.3 Å². The molecule has 1 saturated heterocycles. The fourth-order valence-electron chi connectivity index (χ4n) is 2.75. The highest BCUT2D eigenvalue weighted by atomic mass is 32.1. The van der Waals surface area contributed by atoms with Gasteiger partial charge in [-0.3, -0.25) is 4.79 Å². The van der Waals surface area contributed by atoms with Crippen LogP contribution in [-0.2, 0) is 4.79 Å². The van der Waals surface area contributed by atoms with Crippen molar-refractivity contribution < 1.29 is 4.79 Å². The Hall–Kier alpha value is -1.46. The van der Waals surface area contributed by atoms with Gasteiger partial charge in [-0.05, 0) is 38.4 Å². The Morgan fingerprint density at radius 3 is 2.90 bits per heavy atom. The Morgan fingerprint density at radius 1 is 1.43 bits per heavy atom. The highest BCUT2D eigenvalue weighted by molar-refractivity contribution is 7.80. The van der Waals surface area contributed by atoms with E-state index in [1.807, 2.05) is 24.3 Å². The molecule has 1 heterocycles.